The van der Waals surface area contributed by atoms with Gasteiger partial charge in [-0.25, -0.2) is 13.8 Å². The first-order valence-electron chi connectivity index (χ1n) is 6.81. The van der Waals surface area contributed by atoms with Crippen LogP contribution in [-0.2, 0) is 0 Å². The highest BCUT2D eigenvalue weighted by molar-refractivity contribution is 6.16. The third-order valence-electron chi connectivity index (χ3n) is 3.62. The summed E-state index contributed by atoms with van der Waals surface area (Å²) in [5.41, 5.74) is 6.55. The van der Waals surface area contributed by atoms with Crippen molar-refractivity contribution in [3.8, 4) is 0 Å². The van der Waals surface area contributed by atoms with E-state index in [1.807, 2.05) is 0 Å². The van der Waals surface area contributed by atoms with Crippen molar-refractivity contribution in [3.63, 3.8) is 0 Å². The largest absolute Gasteiger partial charge is 0.396 e. The third kappa shape index (κ3) is 2.38. The highest BCUT2D eigenvalue weighted by atomic mass is 19.1. The van der Waals surface area contributed by atoms with Gasteiger partial charge in [0.1, 0.15) is 11.5 Å². The zero-order chi connectivity index (χ0) is 16.7. The molecule has 116 valence electrons. The molecule has 2 heterocycles. The number of nitrogen functional groups attached to an aromatic ring is 1. The number of ketones is 1. The van der Waals surface area contributed by atoms with E-state index in [-0.39, 0.29) is 11.3 Å². The minimum Gasteiger partial charge on any atom is -0.396 e. The molecular weight excluding hydrogens is 300 g/mol. The normalized spacial score (nSPS) is 10.9. The fourth-order valence-electron chi connectivity index (χ4n) is 2.34. The first kappa shape index (κ1) is 14.9. The molecule has 0 unspecified atom stereocenters. The molecule has 0 bridgehead atoms. The van der Waals surface area contributed by atoms with E-state index in [1.165, 1.54) is 6.20 Å². The van der Waals surface area contributed by atoms with Crippen molar-refractivity contribution in [1.82, 2.24) is 9.97 Å². The number of halogens is 2. The molecule has 0 radical (unpaired) electrons. The van der Waals surface area contributed by atoms with Gasteiger partial charge in [-0.1, -0.05) is 6.58 Å². The number of nitrogens with two attached hydrogens (primary N) is 1. The highest BCUT2D eigenvalue weighted by Gasteiger charge is 2.23. The molecule has 0 spiro atoms. The number of anilines is 1. The molecule has 0 fully saturated rings. The summed E-state index contributed by atoms with van der Waals surface area (Å²) in [6, 6.07) is 3.76. The van der Waals surface area contributed by atoms with E-state index < -0.39 is 23.0 Å². The smallest absolute Gasteiger partial charge is 0.201 e. The molecule has 23 heavy (non-hydrogen) atoms. The second-order valence-electron chi connectivity index (χ2n) is 5.26. The lowest BCUT2D eigenvalue weighted by atomic mass is 10.0. The van der Waals surface area contributed by atoms with Gasteiger partial charge < -0.3 is 10.7 Å². The van der Waals surface area contributed by atoms with Gasteiger partial charge in [-0.15, -0.1) is 0 Å². The average molecular weight is 313 g/mol. The molecule has 0 saturated heterocycles. The number of allylic oxidation sites excluding steroid dienone is 1. The Kier molecular flexibility index (Phi) is 3.44. The molecular formula is C17H13F2N3O. The Morgan fingerprint density at radius 2 is 2.09 bits per heavy atom. The van der Waals surface area contributed by atoms with Crippen molar-refractivity contribution in [2.45, 2.75) is 6.92 Å². The van der Waals surface area contributed by atoms with Crippen LogP contribution in [0.2, 0.25) is 0 Å². The summed E-state index contributed by atoms with van der Waals surface area (Å²) in [6.07, 6.45) is 2.99. The quantitative estimate of drug-likeness (QED) is 0.572. The van der Waals surface area contributed by atoms with E-state index in [1.54, 1.807) is 19.2 Å². The second kappa shape index (κ2) is 5.31. The average Bonchev–Trinajstić information content (AvgIpc) is 2.94. The molecule has 3 N–H and O–H groups in total. The van der Waals surface area contributed by atoms with Gasteiger partial charge in [0.2, 0.25) is 5.78 Å². The number of hydrogen-bond acceptors (Lipinski definition) is 3. The Morgan fingerprint density at radius 1 is 1.35 bits per heavy atom. The van der Waals surface area contributed by atoms with E-state index in [9.17, 15) is 13.6 Å². The first-order valence-corrected chi connectivity index (χ1v) is 6.81. The minimum atomic E-state index is -1.06. The van der Waals surface area contributed by atoms with Gasteiger partial charge in [-0.05, 0) is 36.3 Å². The Morgan fingerprint density at radius 3 is 2.78 bits per heavy atom. The summed E-state index contributed by atoms with van der Waals surface area (Å²) < 4.78 is 28.0. The maximum atomic E-state index is 14.1. The Balaban J connectivity index is 2.21. The van der Waals surface area contributed by atoms with Crippen molar-refractivity contribution in [3.05, 3.63) is 65.5 Å². The topological polar surface area (TPSA) is 71.8 Å². The lowest BCUT2D eigenvalue weighted by Crippen LogP contribution is -2.09. The number of aromatic amines is 1. The van der Waals surface area contributed by atoms with Gasteiger partial charge in [0.15, 0.2) is 5.82 Å². The molecule has 0 amide bonds. The van der Waals surface area contributed by atoms with Crippen molar-refractivity contribution in [2.24, 2.45) is 0 Å². The fourth-order valence-corrected chi connectivity index (χ4v) is 2.34. The van der Waals surface area contributed by atoms with Gasteiger partial charge in [0.25, 0.3) is 0 Å². The number of nitrogens with zero attached hydrogens (tertiary/aromatic N) is 1. The van der Waals surface area contributed by atoms with Gasteiger partial charge in [0, 0.05) is 23.3 Å². The lowest BCUT2D eigenvalue weighted by Gasteiger charge is -2.06. The Bertz CT molecular complexity index is 960. The number of benzene rings is 1. The van der Waals surface area contributed by atoms with E-state index in [2.05, 4.69) is 16.5 Å². The predicted octanol–water partition coefficient (Wildman–Crippen LogP) is 3.69. The third-order valence-corrected chi connectivity index (χ3v) is 3.62. The SMILES string of the molecule is C=C(C)c1cnc2[nH]cc(C(=O)c3c(F)ccc(N)c3F)c2c1. The van der Waals surface area contributed by atoms with Crippen LogP contribution in [0.4, 0.5) is 14.5 Å². The maximum Gasteiger partial charge on any atom is 0.201 e. The van der Waals surface area contributed by atoms with Crippen LogP contribution in [0.15, 0.2) is 37.2 Å². The van der Waals surface area contributed by atoms with E-state index in [4.69, 9.17) is 5.73 Å². The standard InChI is InChI=1S/C17H13F2N3O/c1-8(2)9-5-10-11(7-22-17(10)21-6-9)16(23)14-12(18)3-4-13(20)15(14)19/h3-7H,1,20H2,2H3,(H,21,22). The van der Waals surface area contributed by atoms with E-state index in [0.29, 0.717) is 11.0 Å². The number of nitrogens with one attached hydrogen (secondary N) is 1. The molecule has 1 aromatic carbocycles. The second-order valence-corrected chi connectivity index (χ2v) is 5.26. The Labute approximate surface area is 130 Å². The summed E-state index contributed by atoms with van der Waals surface area (Å²) in [5, 5.41) is 0.469. The van der Waals surface area contributed by atoms with Crippen molar-refractivity contribution >= 4 is 28.1 Å². The maximum absolute atomic E-state index is 14.1. The zero-order valence-electron chi connectivity index (χ0n) is 12.3. The van der Waals surface area contributed by atoms with Gasteiger partial charge in [-0.3, -0.25) is 4.79 Å². The molecule has 3 rings (SSSR count). The van der Waals surface area contributed by atoms with Crippen molar-refractivity contribution < 1.29 is 13.6 Å². The van der Waals surface area contributed by atoms with Gasteiger partial charge in [-0.2, -0.15) is 0 Å². The monoisotopic (exact) mass is 313 g/mol. The molecule has 0 atom stereocenters. The molecule has 0 aliphatic rings. The van der Waals surface area contributed by atoms with Crippen LogP contribution < -0.4 is 5.73 Å². The molecule has 3 aromatic rings. The number of H-pyrrole nitrogens is 1. The molecule has 0 saturated carbocycles. The summed E-state index contributed by atoms with van der Waals surface area (Å²) >= 11 is 0. The van der Waals surface area contributed by atoms with Gasteiger partial charge in [0.05, 0.1) is 11.3 Å². The number of fused-ring (bicyclic) bond motifs is 1. The van der Waals surface area contributed by atoms with Crippen LogP contribution in [0, 0.1) is 11.6 Å². The van der Waals surface area contributed by atoms with Crippen LogP contribution in [0.25, 0.3) is 16.6 Å². The van der Waals surface area contributed by atoms with Crippen LogP contribution >= 0.6 is 0 Å². The Hall–Kier alpha value is -3.02. The van der Waals surface area contributed by atoms with E-state index >= 15 is 0 Å². The summed E-state index contributed by atoms with van der Waals surface area (Å²) in [7, 11) is 0. The van der Waals surface area contributed by atoms with Crippen LogP contribution in [0.1, 0.15) is 28.4 Å². The highest BCUT2D eigenvalue weighted by Crippen LogP contribution is 2.26. The number of aromatic nitrogens is 2. The van der Waals surface area contributed by atoms with Crippen molar-refractivity contribution in [2.75, 3.05) is 5.73 Å². The summed E-state index contributed by atoms with van der Waals surface area (Å²) in [5.74, 6) is -2.81. The molecule has 0 aliphatic heterocycles. The van der Waals surface area contributed by atoms with Crippen LogP contribution in [-0.4, -0.2) is 15.8 Å². The molecule has 6 heteroatoms. The first-order chi connectivity index (χ1) is 10.9. The molecule has 0 aliphatic carbocycles. The zero-order valence-corrected chi connectivity index (χ0v) is 12.3. The number of hydrogen-bond donors (Lipinski definition) is 2. The summed E-state index contributed by atoms with van der Waals surface area (Å²) in [6.45, 7) is 5.62. The molecule has 2 aromatic heterocycles. The number of carbonyl (C=O) groups excluding carboxylic acids is 1. The minimum absolute atomic E-state index is 0.124. The lowest BCUT2D eigenvalue weighted by molar-refractivity contribution is 0.103. The number of pyridine rings is 1. The number of carbonyl (C=O) groups is 1. The predicted molar refractivity (Wildman–Crippen MR) is 85.0 cm³/mol. The van der Waals surface area contributed by atoms with Crippen LogP contribution in [0.3, 0.4) is 0 Å². The van der Waals surface area contributed by atoms with Crippen molar-refractivity contribution in [1.29, 1.82) is 0 Å². The van der Waals surface area contributed by atoms with Crippen LogP contribution in [0.5, 0.6) is 0 Å². The van der Waals surface area contributed by atoms with E-state index in [0.717, 1.165) is 23.3 Å². The van der Waals surface area contributed by atoms with Gasteiger partial charge >= 0.3 is 0 Å². The summed E-state index contributed by atoms with van der Waals surface area (Å²) in [4.78, 5) is 19.6. The fraction of sp³-hybridized carbons (Fsp3) is 0.0588. The number of rotatable bonds is 3. The molecule has 4 nitrogen and oxygen atoms in total.